The van der Waals surface area contributed by atoms with E-state index in [9.17, 15) is 22.8 Å². The third-order valence-electron chi connectivity index (χ3n) is 8.61. The van der Waals surface area contributed by atoms with Crippen molar-refractivity contribution in [2.45, 2.75) is 38.5 Å². The lowest BCUT2D eigenvalue weighted by atomic mass is 9.87. The molecule has 2 heterocycles. The van der Waals surface area contributed by atoms with Crippen molar-refractivity contribution in [1.29, 1.82) is 0 Å². The third kappa shape index (κ3) is 6.59. The number of carbonyl (C=O) groups excluding carboxylic acids is 2. The molecule has 9 nitrogen and oxygen atoms in total. The summed E-state index contributed by atoms with van der Waals surface area (Å²) in [5.41, 5.74) is 16.4. The van der Waals surface area contributed by atoms with Crippen LogP contribution in [0, 0.1) is 12.7 Å². The molecule has 1 amide bonds. The van der Waals surface area contributed by atoms with E-state index >= 15 is 0 Å². The van der Waals surface area contributed by atoms with Crippen LogP contribution in [0.15, 0.2) is 66.4 Å². The van der Waals surface area contributed by atoms with Crippen molar-refractivity contribution < 1.29 is 32.2 Å². The van der Waals surface area contributed by atoms with Gasteiger partial charge in [-0.2, -0.15) is 5.10 Å². The SMILES string of the molecule is Cc1cc(Oc2ccccc2F)ccc1-n1ncc(C(=O)C2=Cc3cc(OCC(F)F)c(C4CCN(C(=O)CN)CC4)cc3C2)c1N. The number of aromatic nitrogens is 2. The Labute approximate surface area is 269 Å². The molecule has 0 unspecified atom stereocenters. The Morgan fingerprint density at radius 3 is 2.53 bits per heavy atom. The third-order valence-corrected chi connectivity index (χ3v) is 8.61. The topological polar surface area (TPSA) is 126 Å². The molecule has 1 aliphatic carbocycles. The molecule has 0 atom stereocenters. The molecule has 12 heteroatoms. The zero-order chi connectivity index (χ0) is 33.2. The maximum Gasteiger partial charge on any atom is 0.272 e. The van der Waals surface area contributed by atoms with Gasteiger partial charge in [-0.25, -0.2) is 17.9 Å². The summed E-state index contributed by atoms with van der Waals surface area (Å²) in [6.07, 6.45) is 2.11. The van der Waals surface area contributed by atoms with E-state index in [0.717, 1.165) is 16.7 Å². The molecule has 244 valence electrons. The number of nitrogens with two attached hydrogens (primary N) is 2. The maximum atomic E-state index is 14.1. The summed E-state index contributed by atoms with van der Waals surface area (Å²) < 4.78 is 53.0. The number of aryl methyl sites for hydroxylation is 1. The lowest BCUT2D eigenvalue weighted by Gasteiger charge is -2.33. The lowest BCUT2D eigenvalue weighted by molar-refractivity contribution is -0.130. The van der Waals surface area contributed by atoms with Crippen LogP contribution in [0.2, 0.25) is 0 Å². The Balaban J connectivity index is 1.21. The number of anilines is 1. The number of likely N-dealkylation sites (tertiary alicyclic amines) is 1. The number of hydrogen-bond acceptors (Lipinski definition) is 7. The van der Waals surface area contributed by atoms with Crippen LogP contribution in [-0.4, -0.2) is 59.0 Å². The molecule has 2 aliphatic rings. The number of fused-ring (bicyclic) bond motifs is 1. The van der Waals surface area contributed by atoms with E-state index in [1.54, 1.807) is 47.4 Å². The van der Waals surface area contributed by atoms with Gasteiger partial charge < -0.3 is 25.8 Å². The van der Waals surface area contributed by atoms with Crippen molar-refractivity contribution >= 4 is 23.6 Å². The van der Waals surface area contributed by atoms with E-state index < -0.39 is 18.8 Å². The molecule has 47 heavy (non-hydrogen) atoms. The molecule has 1 fully saturated rings. The van der Waals surface area contributed by atoms with Gasteiger partial charge in [0.05, 0.1) is 24.0 Å². The van der Waals surface area contributed by atoms with Gasteiger partial charge in [-0.1, -0.05) is 18.2 Å². The number of nitrogens with zero attached hydrogens (tertiary/aromatic N) is 3. The number of amides is 1. The molecule has 1 aromatic heterocycles. The van der Waals surface area contributed by atoms with Gasteiger partial charge in [-0.3, -0.25) is 9.59 Å². The van der Waals surface area contributed by atoms with Crippen molar-refractivity contribution in [1.82, 2.24) is 14.7 Å². The molecule has 4 aromatic rings. The predicted molar refractivity (Wildman–Crippen MR) is 171 cm³/mol. The first-order valence-electron chi connectivity index (χ1n) is 15.3. The van der Waals surface area contributed by atoms with Crippen LogP contribution in [-0.2, 0) is 11.2 Å². The number of halogens is 3. The minimum absolute atomic E-state index is 0.00447. The van der Waals surface area contributed by atoms with Gasteiger partial charge in [0.1, 0.15) is 23.9 Å². The average molecular weight is 646 g/mol. The van der Waals surface area contributed by atoms with Gasteiger partial charge >= 0.3 is 0 Å². The molecule has 0 spiro atoms. The number of Topliss-reactive ketones (excluding diaryl/α,β-unsaturated/α-hetero) is 1. The molecule has 0 radical (unpaired) electrons. The average Bonchev–Trinajstić information content (AvgIpc) is 3.66. The van der Waals surface area contributed by atoms with Crippen LogP contribution in [0.25, 0.3) is 11.8 Å². The normalized spacial score (nSPS) is 14.7. The van der Waals surface area contributed by atoms with Crippen molar-refractivity contribution in [3.8, 4) is 22.9 Å². The van der Waals surface area contributed by atoms with Crippen LogP contribution in [0.5, 0.6) is 17.2 Å². The quantitative estimate of drug-likeness (QED) is 0.208. The Hall–Kier alpha value is -5.10. The van der Waals surface area contributed by atoms with E-state index in [1.165, 1.54) is 23.0 Å². The number of carbonyl (C=O) groups is 2. The Bertz CT molecular complexity index is 1860. The second-order valence-electron chi connectivity index (χ2n) is 11.7. The maximum absolute atomic E-state index is 14.1. The van der Waals surface area contributed by atoms with E-state index in [2.05, 4.69) is 5.10 Å². The number of nitrogen functional groups attached to an aromatic ring is 1. The number of allylic oxidation sites excluding steroid dienone is 1. The molecule has 4 N–H and O–H groups in total. The number of para-hydroxylation sites is 1. The van der Waals surface area contributed by atoms with Gasteiger partial charge in [0.2, 0.25) is 5.91 Å². The molecule has 0 saturated carbocycles. The van der Waals surface area contributed by atoms with Gasteiger partial charge in [-0.15, -0.1) is 0 Å². The molecule has 1 aliphatic heterocycles. The first-order valence-corrected chi connectivity index (χ1v) is 15.3. The highest BCUT2D eigenvalue weighted by molar-refractivity contribution is 6.15. The second-order valence-corrected chi connectivity index (χ2v) is 11.7. The molecular weight excluding hydrogens is 611 g/mol. The first-order chi connectivity index (χ1) is 22.6. The van der Waals surface area contributed by atoms with Crippen LogP contribution < -0.4 is 20.9 Å². The van der Waals surface area contributed by atoms with Crippen LogP contribution in [0.4, 0.5) is 19.0 Å². The van der Waals surface area contributed by atoms with Crippen LogP contribution in [0.1, 0.15) is 51.4 Å². The smallest absolute Gasteiger partial charge is 0.272 e. The fraction of sp³-hybridized carbons (Fsp3) is 0.286. The number of rotatable bonds is 10. The fourth-order valence-electron chi connectivity index (χ4n) is 6.18. The molecule has 6 rings (SSSR count). The summed E-state index contributed by atoms with van der Waals surface area (Å²) in [6, 6.07) is 14.9. The standard InChI is InChI=1S/C35H34F3N5O4/c1-20-12-25(47-30-5-3-2-4-28(30)36)6-7-29(20)43-35(40)27(18-41-43)34(45)24-13-22-15-26(21-8-10-42(11-9-21)33(44)17-39)31(16-23(22)14-24)46-19-32(37)38/h2-7,12,14-16,18,21,32H,8-11,13,17,19,39-40H2,1H3. The highest BCUT2D eigenvalue weighted by atomic mass is 19.3. The van der Waals surface area contributed by atoms with Gasteiger partial charge in [0.25, 0.3) is 6.43 Å². The highest BCUT2D eigenvalue weighted by Gasteiger charge is 2.30. The number of piperidine rings is 1. The van der Waals surface area contributed by atoms with E-state index in [1.807, 2.05) is 13.0 Å². The Morgan fingerprint density at radius 1 is 1.06 bits per heavy atom. The van der Waals surface area contributed by atoms with Crippen LogP contribution >= 0.6 is 0 Å². The molecule has 0 bridgehead atoms. The monoisotopic (exact) mass is 645 g/mol. The number of ether oxygens (including phenoxy) is 2. The Kier molecular flexibility index (Phi) is 9.04. The molecular formula is C35H34F3N5O4. The van der Waals surface area contributed by atoms with E-state index in [-0.39, 0.29) is 41.3 Å². The van der Waals surface area contributed by atoms with Gasteiger partial charge in [0, 0.05) is 25.1 Å². The molecule has 1 saturated heterocycles. The number of hydrogen-bond donors (Lipinski definition) is 2. The predicted octanol–water partition coefficient (Wildman–Crippen LogP) is 5.83. The highest BCUT2D eigenvalue weighted by Crippen LogP contribution is 2.40. The summed E-state index contributed by atoms with van der Waals surface area (Å²) in [5, 5.41) is 4.39. The zero-order valence-corrected chi connectivity index (χ0v) is 25.7. The summed E-state index contributed by atoms with van der Waals surface area (Å²) in [5.74, 6) is 0.122. The van der Waals surface area contributed by atoms with Crippen molar-refractivity contribution in [3.63, 3.8) is 0 Å². The zero-order valence-electron chi connectivity index (χ0n) is 25.7. The second kappa shape index (κ2) is 13.3. The number of benzene rings is 3. The van der Waals surface area contributed by atoms with E-state index in [4.69, 9.17) is 20.9 Å². The van der Waals surface area contributed by atoms with E-state index in [0.29, 0.717) is 60.7 Å². The summed E-state index contributed by atoms with van der Waals surface area (Å²) in [7, 11) is 0. The van der Waals surface area contributed by atoms with Gasteiger partial charge in [-0.05, 0) is 90.4 Å². The van der Waals surface area contributed by atoms with Crippen molar-refractivity contribution in [2.75, 3.05) is 32.0 Å². The number of ketones is 1. The molecule has 3 aromatic carbocycles. The minimum atomic E-state index is -2.65. The lowest BCUT2D eigenvalue weighted by Crippen LogP contribution is -2.41. The van der Waals surface area contributed by atoms with Crippen LogP contribution in [0.3, 0.4) is 0 Å². The fourth-order valence-corrected chi connectivity index (χ4v) is 6.18. The van der Waals surface area contributed by atoms with Gasteiger partial charge in [0.15, 0.2) is 17.3 Å². The summed E-state index contributed by atoms with van der Waals surface area (Å²) in [4.78, 5) is 27.5. The number of alkyl halides is 2. The van der Waals surface area contributed by atoms with Crippen molar-refractivity contribution in [3.05, 3.63) is 100 Å². The summed E-state index contributed by atoms with van der Waals surface area (Å²) >= 11 is 0. The van der Waals surface area contributed by atoms with Crippen molar-refractivity contribution in [2.24, 2.45) is 5.73 Å². The largest absolute Gasteiger partial charge is 0.487 e. The minimum Gasteiger partial charge on any atom is -0.487 e. The Morgan fingerprint density at radius 2 is 1.83 bits per heavy atom. The summed E-state index contributed by atoms with van der Waals surface area (Å²) in [6.45, 7) is 2.04. The first kappa shape index (κ1) is 31.9.